The zero-order valence-electron chi connectivity index (χ0n) is 10.6. The maximum Gasteiger partial charge on any atom is 0.0781 e. The Kier molecular flexibility index (Phi) is 56.5. The maximum atomic E-state index is 5.57. The zero-order valence-corrected chi connectivity index (χ0v) is 10.6. The molecule has 0 aromatic carbocycles. The summed E-state index contributed by atoms with van der Waals surface area (Å²) in [6.45, 7) is 8.62. The van der Waals surface area contributed by atoms with Crippen molar-refractivity contribution in [3.05, 3.63) is 0 Å². The van der Waals surface area contributed by atoms with E-state index in [0.717, 1.165) is 0 Å². The van der Waals surface area contributed by atoms with Crippen molar-refractivity contribution in [1.29, 1.82) is 0 Å². The second kappa shape index (κ2) is 28.9. The van der Waals surface area contributed by atoms with Gasteiger partial charge in [0.05, 0.1) is 39.1 Å². The molecule has 0 rings (SSSR count). The van der Waals surface area contributed by atoms with Crippen molar-refractivity contribution < 1.29 is 14.2 Å². The molecule has 0 aliphatic heterocycles. The fourth-order valence-electron chi connectivity index (χ4n) is 1.00. The Morgan fingerprint density at radius 3 is 1.36 bits per heavy atom. The van der Waals surface area contributed by atoms with Gasteiger partial charge in [-0.25, -0.2) is 0 Å². The summed E-state index contributed by atoms with van der Waals surface area (Å²) < 4.78 is 16.1. The number of hydrogen-bond donors (Lipinski definition) is 2. The molecule has 0 radical (unpaired) electrons. The first-order chi connectivity index (χ1) is 7.52. The Morgan fingerprint density at radius 1 is 0.636 bits per heavy atom. The molecule has 5 nitrogen and oxygen atoms in total. The smallest absolute Gasteiger partial charge is 0.0781 e. The number of ether oxygens (including phenoxy) is 3. The third kappa shape index (κ3) is 36.7. The molecular formula is C17H50N2O3. The lowest BCUT2D eigenvalue weighted by Gasteiger charge is -2.15. The SMILES string of the molecule is C.C.C.C.C.C.CC(N)COCCOCC(C)OCC(C)N. The van der Waals surface area contributed by atoms with E-state index in [2.05, 4.69) is 0 Å². The summed E-state index contributed by atoms with van der Waals surface area (Å²) in [7, 11) is 0. The third-order valence-electron chi connectivity index (χ3n) is 1.75. The average Bonchev–Trinajstić information content (AvgIpc) is 2.19. The lowest BCUT2D eigenvalue weighted by molar-refractivity contribution is -0.0264. The van der Waals surface area contributed by atoms with E-state index in [1.165, 1.54) is 0 Å². The molecule has 0 fully saturated rings. The Bertz CT molecular complexity index is 157. The van der Waals surface area contributed by atoms with E-state index in [0.29, 0.717) is 33.0 Å². The fraction of sp³-hybridized carbons (Fsp3) is 1.00. The van der Waals surface area contributed by atoms with Crippen LogP contribution in [0, 0.1) is 0 Å². The standard InChI is InChI=1S/C11H26N2O3.6CH4/c1-9(12)6-14-4-5-15-8-11(3)16-7-10(2)13;;;;;;/h9-11H,4-8,12-13H2,1-3H3;6*1H4. The van der Waals surface area contributed by atoms with Crippen LogP contribution in [0.25, 0.3) is 0 Å². The molecule has 146 valence electrons. The Hall–Kier alpha value is -0.200. The van der Waals surface area contributed by atoms with Crippen LogP contribution in [-0.4, -0.2) is 51.2 Å². The highest BCUT2D eigenvalue weighted by atomic mass is 16.5. The van der Waals surface area contributed by atoms with Gasteiger partial charge < -0.3 is 25.7 Å². The summed E-state index contributed by atoms with van der Waals surface area (Å²) in [6, 6.07) is 0.144. The van der Waals surface area contributed by atoms with Gasteiger partial charge in [0.2, 0.25) is 0 Å². The van der Waals surface area contributed by atoms with Crippen LogP contribution in [0.15, 0.2) is 0 Å². The molecule has 0 aliphatic rings. The second-order valence-corrected chi connectivity index (χ2v) is 4.25. The molecule has 5 heteroatoms. The second-order valence-electron chi connectivity index (χ2n) is 4.25. The molecule has 0 aliphatic carbocycles. The summed E-state index contributed by atoms with van der Waals surface area (Å²) >= 11 is 0. The highest BCUT2D eigenvalue weighted by molar-refractivity contribution is 4.53. The van der Waals surface area contributed by atoms with E-state index in [1.54, 1.807) is 0 Å². The van der Waals surface area contributed by atoms with Crippen molar-refractivity contribution in [2.45, 2.75) is 83.5 Å². The quantitative estimate of drug-likeness (QED) is 0.593. The summed E-state index contributed by atoms with van der Waals surface area (Å²) in [6.07, 6.45) is 0.0689. The van der Waals surface area contributed by atoms with Gasteiger partial charge in [-0.3, -0.25) is 0 Å². The highest BCUT2D eigenvalue weighted by Crippen LogP contribution is 1.93. The van der Waals surface area contributed by atoms with E-state index in [9.17, 15) is 0 Å². The Balaban J connectivity index is -0.0000000750. The lowest BCUT2D eigenvalue weighted by Crippen LogP contribution is -2.27. The first kappa shape index (κ1) is 43.1. The summed E-state index contributed by atoms with van der Waals surface area (Å²) in [5.74, 6) is 0. The van der Waals surface area contributed by atoms with Crippen molar-refractivity contribution in [2.75, 3.05) is 33.0 Å². The van der Waals surface area contributed by atoms with Gasteiger partial charge in [-0.05, 0) is 20.8 Å². The van der Waals surface area contributed by atoms with Gasteiger partial charge in [0.25, 0.3) is 0 Å². The van der Waals surface area contributed by atoms with Crippen molar-refractivity contribution in [3.63, 3.8) is 0 Å². The van der Waals surface area contributed by atoms with E-state index in [4.69, 9.17) is 25.7 Å². The largest absolute Gasteiger partial charge is 0.377 e. The van der Waals surface area contributed by atoms with Gasteiger partial charge in [-0.15, -0.1) is 0 Å². The average molecular weight is 331 g/mol. The highest BCUT2D eigenvalue weighted by Gasteiger charge is 2.03. The Morgan fingerprint density at radius 2 is 1.00 bits per heavy atom. The maximum absolute atomic E-state index is 5.57. The van der Waals surface area contributed by atoms with Crippen LogP contribution >= 0.6 is 0 Å². The lowest BCUT2D eigenvalue weighted by atomic mass is 10.4. The van der Waals surface area contributed by atoms with Crippen LogP contribution in [0.2, 0.25) is 0 Å². The predicted octanol–water partition coefficient (Wildman–Crippen LogP) is 3.94. The fourth-order valence-corrected chi connectivity index (χ4v) is 1.00. The number of rotatable bonds is 10. The molecule has 3 unspecified atom stereocenters. The molecule has 0 heterocycles. The molecule has 0 aromatic rings. The monoisotopic (exact) mass is 330 g/mol. The van der Waals surface area contributed by atoms with E-state index in [-0.39, 0.29) is 62.7 Å². The van der Waals surface area contributed by atoms with E-state index >= 15 is 0 Å². The molecule has 0 bridgehead atoms. The van der Waals surface area contributed by atoms with Crippen molar-refractivity contribution >= 4 is 0 Å². The van der Waals surface area contributed by atoms with Crippen LogP contribution in [0.5, 0.6) is 0 Å². The van der Waals surface area contributed by atoms with Gasteiger partial charge in [-0.1, -0.05) is 44.6 Å². The molecule has 0 aromatic heterocycles. The summed E-state index contributed by atoms with van der Waals surface area (Å²) in [5.41, 5.74) is 11.1. The van der Waals surface area contributed by atoms with Gasteiger partial charge in [0.15, 0.2) is 0 Å². The van der Waals surface area contributed by atoms with Crippen LogP contribution in [0.1, 0.15) is 65.3 Å². The first-order valence-electron chi connectivity index (χ1n) is 5.80. The van der Waals surface area contributed by atoms with Crippen molar-refractivity contribution in [3.8, 4) is 0 Å². The topological polar surface area (TPSA) is 79.7 Å². The molecule has 0 saturated heterocycles. The predicted molar refractivity (Wildman–Crippen MR) is 105 cm³/mol. The Labute approximate surface area is 143 Å². The van der Waals surface area contributed by atoms with Crippen LogP contribution in [0.3, 0.4) is 0 Å². The third-order valence-corrected chi connectivity index (χ3v) is 1.75. The van der Waals surface area contributed by atoms with Crippen LogP contribution in [0.4, 0.5) is 0 Å². The molecule has 22 heavy (non-hydrogen) atoms. The summed E-state index contributed by atoms with van der Waals surface area (Å²) in [5, 5.41) is 0. The minimum Gasteiger partial charge on any atom is -0.377 e. The van der Waals surface area contributed by atoms with Crippen molar-refractivity contribution in [1.82, 2.24) is 0 Å². The van der Waals surface area contributed by atoms with Gasteiger partial charge in [0.1, 0.15) is 0 Å². The summed E-state index contributed by atoms with van der Waals surface area (Å²) in [4.78, 5) is 0. The number of hydrogen-bond acceptors (Lipinski definition) is 5. The molecule has 4 N–H and O–H groups in total. The molecular weight excluding hydrogens is 280 g/mol. The van der Waals surface area contributed by atoms with Crippen LogP contribution < -0.4 is 11.5 Å². The van der Waals surface area contributed by atoms with Gasteiger partial charge >= 0.3 is 0 Å². The van der Waals surface area contributed by atoms with Crippen molar-refractivity contribution in [2.24, 2.45) is 11.5 Å². The first-order valence-corrected chi connectivity index (χ1v) is 5.80. The number of nitrogens with two attached hydrogens (primary N) is 2. The van der Waals surface area contributed by atoms with Crippen LogP contribution in [-0.2, 0) is 14.2 Å². The molecule has 3 atom stereocenters. The molecule has 0 spiro atoms. The minimum atomic E-state index is 0. The minimum absolute atomic E-state index is 0. The zero-order chi connectivity index (χ0) is 12.4. The molecule has 0 amide bonds. The van der Waals surface area contributed by atoms with E-state index < -0.39 is 0 Å². The normalized spacial score (nSPS) is 12.4. The van der Waals surface area contributed by atoms with Gasteiger partial charge in [0, 0.05) is 12.1 Å². The van der Waals surface area contributed by atoms with Gasteiger partial charge in [-0.2, -0.15) is 0 Å². The molecule has 0 saturated carbocycles. The van der Waals surface area contributed by atoms with E-state index in [1.807, 2.05) is 20.8 Å².